The van der Waals surface area contributed by atoms with Crippen molar-refractivity contribution in [2.45, 2.75) is 39.4 Å². The minimum atomic E-state index is -0.532. The number of ether oxygens (including phenoxy) is 2. The normalized spacial score (nSPS) is 11.0. The third-order valence-corrected chi connectivity index (χ3v) is 3.86. The lowest BCUT2D eigenvalue weighted by molar-refractivity contribution is 0.0527. The van der Waals surface area contributed by atoms with Gasteiger partial charge in [0.15, 0.2) is 5.76 Å². The van der Waals surface area contributed by atoms with Gasteiger partial charge in [-0.2, -0.15) is 0 Å². The van der Waals surface area contributed by atoms with Crippen molar-refractivity contribution in [2.24, 2.45) is 0 Å². The molecule has 2 rings (SSSR count). The number of rotatable bonds is 8. The monoisotopic (exact) mass is 452 g/mol. The molecule has 0 atom stereocenters. The fourth-order valence-electron chi connectivity index (χ4n) is 2.17. The van der Waals surface area contributed by atoms with E-state index in [9.17, 15) is 9.59 Å². The van der Waals surface area contributed by atoms with Crippen LogP contribution >= 0.6 is 15.9 Å². The lowest BCUT2D eigenvalue weighted by Crippen LogP contribution is -2.34. The van der Waals surface area contributed by atoms with E-state index in [1.165, 1.54) is 0 Å². The predicted molar refractivity (Wildman–Crippen MR) is 108 cm³/mol. The molecular weight excluding hydrogens is 428 g/mol. The SMILES string of the molecule is CC(C)(C)OC(=O)NCCCNC(=O)c1ccc(COc2cccc(Br)c2)o1. The molecule has 28 heavy (non-hydrogen) atoms. The maximum Gasteiger partial charge on any atom is 0.407 e. The van der Waals surface area contributed by atoms with Gasteiger partial charge in [0.05, 0.1) is 0 Å². The number of hydrogen-bond acceptors (Lipinski definition) is 5. The van der Waals surface area contributed by atoms with Gasteiger partial charge in [0.1, 0.15) is 23.7 Å². The number of halogens is 1. The molecule has 0 radical (unpaired) electrons. The Morgan fingerprint density at radius 3 is 2.57 bits per heavy atom. The number of furan rings is 1. The molecule has 7 nitrogen and oxygen atoms in total. The molecule has 0 aliphatic rings. The highest BCUT2D eigenvalue weighted by Crippen LogP contribution is 2.19. The van der Waals surface area contributed by atoms with Crippen molar-refractivity contribution in [3.63, 3.8) is 0 Å². The number of nitrogens with one attached hydrogen (secondary N) is 2. The van der Waals surface area contributed by atoms with Gasteiger partial charge in [-0.15, -0.1) is 0 Å². The molecule has 0 saturated carbocycles. The van der Waals surface area contributed by atoms with Gasteiger partial charge < -0.3 is 24.5 Å². The van der Waals surface area contributed by atoms with Gasteiger partial charge >= 0.3 is 6.09 Å². The summed E-state index contributed by atoms with van der Waals surface area (Å²) in [6.45, 7) is 6.43. The summed E-state index contributed by atoms with van der Waals surface area (Å²) >= 11 is 3.38. The van der Waals surface area contributed by atoms with Crippen molar-refractivity contribution in [3.05, 3.63) is 52.4 Å². The quantitative estimate of drug-likeness (QED) is 0.583. The van der Waals surface area contributed by atoms with Gasteiger partial charge in [-0.1, -0.05) is 22.0 Å². The van der Waals surface area contributed by atoms with Crippen molar-refractivity contribution in [3.8, 4) is 5.75 Å². The smallest absolute Gasteiger partial charge is 0.407 e. The largest absolute Gasteiger partial charge is 0.486 e. The number of benzene rings is 1. The molecule has 1 heterocycles. The number of amides is 2. The third kappa shape index (κ3) is 8.04. The molecule has 2 N–H and O–H groups in total. The average Bonchev–Trinajstić information content (AvgIpc) is 3.07. The van der Waals surface area contributed by atoms with E-state index in [1.807, 2.05) is 24.3 Å². The number of alkyl carbamates (subject to hydrolysis) is 1. The third-order valence-electron chi connectivity index (χ3n) is 3.37. The van der Waals surface area contributed by atoms with Crippen LogP contribution < -0.4 is 15.4 Å². The van der Waals surface area contributed by atoms with E-state index in [-0.39, 0.29) is 18.3 Å². The topological polar surface area (TPSA) is 89.8 Å². The van der Waals surface area contributed by atoms with E-state index in [1.54, 1.807) is 32.9 Å². The summed E-state index contributed by atoms with van der Waals surface area (Å²) in [5.74, 6) is 1.16. The van der Waals surface area contributed by atoms with Crippen LogP contribution in [0.1, 0.15) is 43.5 Å². The Morgan fingerprint density at radius 1 is 1.11 bits per heavy atom. The Kier molecular flexibility index (Phi) is 7.92. The van der Waals surface area contributed by atoms with Gasteiger partial charge in [0.2, 0.25) is 0 Å². The summed E-state index contributed by atoms with van der Waals surface area (Å²) in [6, 6.07) is 10.8. The zero-order valence-corrected chi connectivity index (χ0v) is 17.8. The molecule has 0 aliphatic heterocycles. The second-order valence-electron chi connectivity index (χ2n) is 7.05. The van der Waals surface area contributed by atoms with E-state index in [4.69, 9.17) is 13.9 Å². The van der Waals surface area contributed by atoms with Gasteiger partial charge in [-0.3, -0.25) is 4.79 Å². The molecule has 0 spiro atoms. The Morgan fingerprint density at radius 2 is 1.86 bits per heavy atom. The van der Waals surface area contributed by atoms with E-state index >= 15 is 0 Å². The van der Waals surface area contributed by atoms with Crippen LogP contribution in [0.2, 0.25) is 0 Å². The van der Waals surface area contributed by atoms with Gasteiger partial charge in [-0.05, 0) is 57.5 Å². The molecule has 0 unspecified atom stereocenters. The highest BCUT2D eigenvalue weighted by Gasteiger charge is 2.15. The molecule has 1 aromatic heterocycles. The minimum Gasteiger partial charge on any atom is -0.486 e. The first kappa shape index (κ1) is 21.8. The number of hydrogen-bond donors (Lipinski definition) is 2. The lowest BCUT2D eigenvalue weighted by atomic mass is 10.2. The van der Waals surface area contributed by atoms with Crippen LogP contribution in [0.15, 0.2) is 45.3 Å². The van der Waals surface area contributed by atoms with Crippen LogP contribution in [-0.2, 0) is 11.3 Å². The van der Waals surface area contributed by atoms with Gasteiger partial charge in [-0.25, -0.2) is 4.79 Å². The lowest BCUT2D eigenvalue weighted by Gasteiger charge is -2.19. The van der Waals surface area contributed by atoms with E-state index in [0.717, 1.165) is 4.47 Å². The summed E-state index contributed by atoms with van der Waals surface area (Å²) in [4.78, 5) is 23.6. The number of carbonyl (C=O) groups is 2. The van der Waals surface area contributed by atoms with Crippen LogP contribution in [0.25, 0.3) is 0 Å². The molecule has 0 aliphatic carbocycles. The molecule has 0 fully saturated rings. The van der Waals surface area contributed by atoms with E-state index in [2.05, 4.69) is 26.6 Å². The van der Waals surface area contributed by atoms with Crippen LogP contribution in [0.5, 0.6) is 5.75 Å². The highest BCUT2D eigenvalue weighted by molar-refractivity contribution is 9.10. The molecule has 152 valence electrons. The molecule has 1 aromatic carbocycles. The van der Waals surface area contributed by atoms with Crippen LogP contribution in [0.3, 0.4) is 0 Å². The average molecular weight is 453 g/mol. The molecule has 0 bridgehead atoms. The number of carbonyl (C=O) groups excluding carboxylic acids is 2. The minimum absolute atomic E-state index is 0.216. The van der Waals surface area contributed by atoms with E-state index < -0.39 is 11.7 Å². The molecule has 0 saturated heterocycles. The Labute approximate surface area is 172 Å². The van der Waals surface area contributed by atoms with Crippen LogP contribution in [0, 0.1) is 0 Å². The molecular formula is C20H25BrN2O5. The first-order valence-electron chi connectivity index (χ1n) is 8.95. The van der Waals surface area contributed by atoms with Crippen molar-refractivity contribution < 1.29 is 23.5 Å². The fourth-order valence-corrected chi connectivity index (χ4v) is 2.55. The van der Waals surface area contributed by atoms with Crippen molar-refractivity contribution >= 4 is 27.9 Å². The Balaban J connectivity index is 1.67. The first-order chi connectivity index (χ1) is 13.2. The fraction of sp³-hybridized carbons (Fsp3) is 0.400. The van der Waals surface area contributed by atoms with Crippen molar-refractivity contribution in [2.75, 3.05) is 13.1 Å². The zero-order valence-electron chi connectivity index (χ0n) is 16.2. The van der Waals surface area contributed by atoms with E-state index in [0.29, 0.717) is 31.0 Å². The Bertz CT molecular complexity index is 798. The summed E-state index contributed by atoms with van der Waals surface area (Å²) in [6.07, 6.45) is 0.102. The summed E-state index contributed by atoms with van der Waals surface area (Å²) < 4.78 is 17.2. The Hall–Kier alpha value is -2.48. The predicted octanol–water partition coefficient (Wildman–Crippen LogP) is 4.27. The highest BCUT2D eigenvalue weighted by atomic mass is 79.9. The molecule has 2 amide bonds. The summed E-state index contributed by atoms with van der Waals surface area (Å²) in [5.41, 5.74) is -0.532. The second kappa shape index (κ2) is 10.2. The van der Waals surface area contributed by atoms with Crippen molar-refractivity contribution in [1.29, 1.82) is 0 Å². The summed E-state index contributed by atoms with van der Waals surface area (Å²) in [7, 11) is 0. The van der Waals surface area contributed by atoms with Crippen LogP contribution in [-0.4, -0.2) is 30.7 Å². The maximum atomic E-state index is 12.1. The van der Waals surface area contributed by atoms with Crippen LogP contribution in [0.4, 0.5) is 4.79 Å². The standard InChI is InChI=1S/C20H25BrN2O5/c1-20(2,3)28-19(25)23-11-5-10-22-18(24)17-9-8-16(27-17)13-26-15-7-4-6-14(21)12-15/h4,6-9,12H,5,10-11,13H2,1-3H3,(H,22,24)(H,23,25). The summed E-state index contributed by atoms with van der Waals surface area (Å²) in [5, 5.41) is 5.38. The zero-order chi connectivity index (χ0) is 20.6. The molecule has 8 heteroatoms. The second-order valence-corrected chi connectivity index (χ2v) is 7.97. The maximum absolute atomic E-state index is 12.1. The first-order valence-corrected chi connectivity index (χ1v) is 9.74. The van der Waals surface area contributed by atoms with Gasteiger partial charge in [0.25, 0.3) is 5.91 Å². The van der Waals surface area contributed by atoms with Gasteiger partial charge in [0, 0.05) is 17.6 Å². The van der Waals surface area contributed by atoms with Crippen molar-refractivity contribution in [1.82, 2.24) is 10.6 Å². The molecule has 2 aromatic rings.